The number of benzene rings is 5. The molecule has 29 nitrogen and oxygen atoms in total. The molecule has 4 N–H and O–H groups in total. The fourth-order valence-electron chi connectivity index (χ4n) is 21.3. The van der Waals surface area contributed by atoms with Crippen LogP contribution in [0, 0.1) is 0 Å². The quantitative estimate of drug-likeness (QED) is 0.0515. The third-order valence-corrected chi connectivity index (χ3v) is 28.8. The van der Waals surface area contributed by atoms with E-state index in [0.29, 0.717) is 135 Å². The molecule has 0 bridgehead atoms. The number of ether oxygens (including phenoxy) is 2. The highest BCUT2D eigenvalue weighted by atomic mass is 19.4. The number of methoxy groups -OCH3 is 1. The maximum absolute atomic E-state index is 13.0. The number of likely N-dealkylation sites (tertiary alicyclic amines) is 4. The minimum absolute atomic E-state index is 0.0410. The molecule has 714 valence electrons. The smallest absolute Gasteiger partial charge is 0.417 e. The highest BCUT2D eigenvalue weighted by molar-refractivity contribution is 6.07. The van der Waals surface area contributed by atoms with Gasteiger partial charge in [0.05, 0.1) is 30.2 Å². The summed E-state index contributed by atoms with van der Waals surface area (Å²) in [5, 5.41) is 14.7. The van der Waals surface area contributed by atoms with E-state index >= 15 is 0 Å². The van der Waals surface area contributed by atoms with Crippen LogP contribution in [0.5, 0.6) is 11.8 Å². The Morgan fingerprint density at radius 3 is 1.10 bits per heavy atom. The Hall–Kier alpha value is -12.7. The van der Waals surface area contributed by atoms with Crippen molar-refractivity contribution in [3.05, 3.63) is 259 Å². The van der Waals surface area contributed by atoms with Gasteiger partial charge >= 0.3 is 12.2 Å². The SMILES string of the molecule is C=C1CCC(N2Cc3cc(C4CCN(Cc5ccc(C(F)(F)F)cn5)CC4)ccc3C2=O)C(=O)N1.C=C1CCC(N2Cc3cc(C4CCN(Cc5cnc(OC)nc5)CC4)ccc3C2=O)C(=O)N1.CC(C)Oc1ccc(CN2CCC(c3ccc4c(c3)CN(C3CCC(=O)NC3=O)C4=O)CC2)cc1.CC(C)n1nccc1CN1CCC(c2ccc3c(c2)CN(C2CCC(=O)NC2=O)C3=O)CC1. The van der Waals surface area contributed by atoms with Crippen molar-refractivity contribution in [2.24, 2.45) is 0 Å². The van der Waals surface area contributed by atoms with E-state index in [9.17, 15) is 61.1 Å². The minimum Gasteiger partial charge on any atom is -0.491 e. The predicted molar refractivity (Wildman–Crippen MR) is 500 cm³/mol. The van der Waals surface area contributed by atoms with Crippen molar-refractivity contribution in [3.63, 3.8) is 0 Å². The van der Waals surface area contributed by atoms with Crippen molar-refractivity contribution in [3.8, 4) is 11.8 Å². The lowest BCUT2D eigenvalue weighted by atomic mass is 9.87. The molecule has 8 aromatic rings. The molecular weight excluding hydrogens is 1740 g/mol. The summed E-state index contributed by atoms with van der Waals surface area (Å²) in [5.74, 6) is 0.779. The molecule has 8 saturated heterocycles. The predicted octanol–water partition coefficient (Wildman–Crippen LogP) is 13.1. The summed E-state index contributed by atoms with van der Waals surface area (Å²) in [6.45, 7) is 28.8. The summed E-state index contributed by atoms with van der Waals surface area (Å²) in [6.07, 6.45) is 14.5. The molecule has 8 fully saturated rings. The van der Waals surface area contributed by atoms with Crippen molar-refractivity contribution in [1.29, 1.82) is 0 Å². The van der Waals surface area contributed by atoms with Gasteiger partial charge < -0.3 is 39.7 Å². The van der Waals surface area contributed by atoms with Crippen molar-refractivity contribution in [1.82, 2.24) is 85.2 Å². The first kappa shape index (κ1) is 95.1. The molecule has 0 radical (unpaired) electrons. The van der Waals surface area contributed by atoms with Gasteiger partial charge in [0, 0.05) is 135 Å². The number of fused-ring (bicyclic) bond motifs is 4. The molecule has 12 aliphatic rings. The van der Waals surface area contributed by atoms with Crippen molar-refractivity contribution >= 4 is 59.1 Å². The van der Waals surface area contributed by atoms with E-state index in [2.05, 4.69) is 153 Å². The Kier molecular flexibility index (Phi) is 29.0. The third-order valence-electron chi connectivity index (χ3n) is 28.8. The number of pyridine rings is 1. The number of halogens is 3. The van der Waals surface area contributed by atoms with Gasteiger partial charge in [-0.1, -0.05) is 73.8 Å². The van der Waals surface area contributed by atoms with Crippen LogP contribution in [0.1, 0.15) is 274 Å². The second-order valence-electron chi connectivity index (χ2n) is 38.6. The topological polar surface area (TPSA) is 320 Å². The number of rotatable bonds is 20. The van der Waals surface area contributed by atoms with Gasteiger partial charge in [-0.2, -0.15) is 18.3 Å². The van der Waals surface area contributed by atoms with Gasteiger partial charge in [-0.25, -0.2) is 9.97 Å². The van der Waals surface area contributed by atoms with Gasteiger partial charge in [0.2, 0.25) is 35.4 Å². The highest BCUT2D eigenvalue weighted by Crippen LogP contribution is 2.41. The van der Waals surface area contributed by atoms with Gasteiger partial charge in [-0.15, -0.1) is 0 Å². The number of carbonyl (C=O) groups is 10. The largest absolute Gasteiger partial charge is 0.491 e. The van der Waals surface area contributed by atoms with Crippen LogP contribution in [-0.2, 0) is 87.3 Å². The van der Waals surface area contributed by atoms with Gasteiger partial charge in [0.1, 0.15) is 29.9 Å². The number of hydrogen-bond donors (Lipinski definition) is 4. The third kappa shape index (κ3) is 21.9. The summed E-state index contributed by atoms with van der Waals surface area (Å²) in [6, 6.07) is 36.3. The number of imide groups is 2. The molecular formula is C104H120F3N17O12. The number of nitrogens with zero attached hydrogens (tertiary/aromatic N) is 13. The Bertz CT molecular complexity index is 5850. The first-order chi connectivity index (χ1) is 65.5. The normalized spacial score (nSPS) is 21.8. The number of hydrogen-bond acceptors (Lipinski definition) is 20. The molecule has 4 unspecified atom stereocenters. The van der Waals surface area contributed by atoms with Crippen LogP contribution in [0.4, 0.5) is 13.2 Å². The Balaban J connectivity index is 0.000000126. The zero-order chi connectivity index (χ0) is 95.3. The monoisotopic (exact) mass is 1860 g/mol. The second-order valence-corrected chi connectivity index (χ2v) is 38.6. The van der Waals surface area contributed by atoms with E-state index in [1.807, 2.05) is 74.9 Å². The summed E-state index contributed by atoms with van der Waals surface area (Å²) >= 11 is 0. The number of piperidine rings is 8. The van der Waals surface area contributed by atoms with Crippen LogP contribution in [-0.4, -0.2) is 213 Å². The fraction of sp³-hybridized carbons (Fsp3) is 0.462. The average molecular weight is 1860 g/mol. The van der Waals surface area contributed by atoms with Crippen LogP contribution < -0.4 is 30.7 Å². The summed E-state index contributed by atoms with van der Waals surface area (Å²) in [4.78, 5) is 153. The van der Waals surface area contributed by atoms with E-state index in [0.717, 1.165) is 180 Å². The molecule has 0 spiro atoms. The van der Waals surface area contributed by atoms with Crippen LogP contribution >= 0.6 is 0 Å². The molecule has 136 heavy (non-hydrogen) atoms. The molecule has 12 aliphatic heterocycles. The molecule has 20 rings (SSSR count). The van der Waals surface area contributed by atoms with Gasteiger partial charge in [0.15, 0.2) is 0 Å². The lowest BCUT2D eigenvalue weighted by Gasteiger charge is -2.32. The number of aromatic nitrogens is 5. The Morgan fingerprint density at radius 2 is 0.765 bits per heavy atom. The molecule has 0 saturated carbocycles. The number of nitrogens with one attached hydrogen (secondary N) is 4. The second kappa shape index (κ2) is 41.5. The summed E-state index contributed by atoms with van der Waals surface area (Å²) < 4.78 is 51.1. The van der Waals surface area contributed by atoms with E-state index in [-0.39, 0.29) is 78.0 Å². The summed E-state index contributed by atoms with van der Waals surface area (Å²) in [5.41, 5.74) is 16.7. The van der Waals surface area contributed by atoms with E-state index in [1.54, 1.807) is 26.7 Å². The minimum atomic E-state index is -4.38. The van der Waals surface area contributed by atoms with Crippen LogP contribution in [0.2, 0.25) is 0 Å². The zero-order valence-electron chi connectivity index (χ0n) is 77.9. The van der Waals surface area contributed by atoms with Crippen LogP contribution in [0.15, 0.2) is 165 Å². The standard InChI is InChI=1S/C28H33N3O4.C26H27F3N4O2.C25H29N5O3.C25H31N5O3/c1-18(2)35-23-6-3-19(4-7-23)16-30-13-11-20(12-14-30)21-5-8-24-22(15-21)17-31(28(24)34)25-9-10-26(32)29-27(25)33;1-16-2-7-23(24(34)31-16)33-14-19-12-18(3-6-22(19)25(33)35)17-8-10-32(11-9-17)15-21-5-4-20(13-30-21)26(27,28)29;1-16-3-6-22(23(31)28-16)30-15-20-11-19(4-5-21(20)24(30)32)18-7-9-29(10-8-18)14-17-12-26-25(33-2)27-13-17;1-16(2)30-20(7-10-26-30)15-28-11-8-17(9-12-28)18-3-4-21-19(13-18)14-29(25(21)33)22-5-6-23(31)27-24(22)32/h3-8,15,18,20,25H,9-14,16-17H2,1-2H3,(H,29,32,33);3-6,12-13,17,23H,1-2,7-11,14-15H2,(H,31,34);4-5,11-13,18,22H,1,3,6-10,14-15H2,2H3,(H,28,31);3-4,7,10,13,16-17,22H,5-6,8-9,11-12,14-15H2,1-2H3,(H,27,31,32). The maximum Gasteiger partial charge on any atom is 0.417 e. The molecule has 5 aromatic carbocycles. The first-order valence-electron chi connectivity index (χ1n) is 47.9. The Morgan fingerprint density at radius 1 is 0.404 bits per heavy atom. The first-order valence-corrected chi connectivity index (χ1v) is 47.9. The van der Waals surface area contributed by atoms with Gasteiger partial charge in [-0.05, 0) is 298 Å². The van der Waals surface area contributed by atoms with Crippen molar-refractivity contribution < 1.29 is 70.6 Å². The van der Waals surface area contributed by atoms with E-state index in [1.165, 1.54) is 39.6 Å². The zero-order valence-corrected chi connectivity index (χ0v) is 77.9. The lowest BCUT2D eigenvalue weighted by molar-refractivity contribution is -0.138. The van der Waals surface area contributed by atoms with Gasteiger partial charge in [0.25, 0.3) is 23.6 Å². The fourth-order valence-corrected chi connectivity index (χ4v) is 21.3. The maximum atomic E-state index is 13.0. The lowest BCUT2D eigenvalue weighted by Crippen LogP contribution is -2.52. The van der Waals surface area contributed by atoms with Crippen molar-refractivity contribution in [2.45, 2.75) is 249 Å². The number of carbonyl (C=O) groups excluding carboxylic acids is 10. The molecule has 0 aliphatic carbocycles. The number of alkyl halides is 3. The molecule has 4 atom stereocenters. The molecule has 10 amide bonds. The number of amides is 10. The van der Waals surface area contributed by atoms with Crippen LogP contribution in [0.3, 0.4) is 0 Å². The van der Waals surface area contributed by atoms with Gasteiger partial charge in [-0.3, -0.25) is 87.8 Å². The molecule has 15 heterocycles. The van der Waals surface area contributed by atoms with Crippen molar-refractivity contribution in [2.75, 3.05) is 59.5 Å². The number of allylic oxidation sites excluding steroid dienone is 2. The molecule has 32 heteroatoms. The van der Waals surface area contributed by atoms with E-state index in [4.69, 9.17) is 9.47 Å². The summed E-state index contributed by atoms with van der Waals surface area (Å²) in [7, 11) is 1.57. The molecule has 3 aromatic heterocycles. The van der Waals surface area contributed by atoms with E-state index < -0.39 is 35.9 Å². The average Bonchev–Trinajstić information content (AvgIpc) is 1.64. The van der Waals surface area contributed by atoms with Crippen LogP contribution in [0.25, 0.3) is 0 Å². The Labute approximate surface area is 790 Å². The highest BCUT2D eigenvalue weighted by Gasteiger charge is 2.45.